The zero-order valence-corrected chi connectivity index (χ0v) is 17.1. The van der Waals surface area contributed by atoms with Gasteiger partial charge < -0.3 is 19.9 Å². The summed E-state index contributed by atoms with van der Waals surface area (Å²) < 4.78 is 7.05. The molecular formula is C17H31IN4O2. The van der Waals surface area contributed by atoms with Crippen LogP contribution in [0.15, 0.2) is 34.2 Å². The second-order valence-corrected chi connectivity index (χ2v) is 5.27. The van der Waals surface area contributed by atoms with Crippen LogP contribution >= 0.6 is 24.0 Å². The Morgan fingerprint density at radius 3 is 2.50 bits per heavy atom. The molecule has 0 aliphatic rings. The standard InChI is InChI=1S/C17H30N4O2.HI/c1-3-23-15-9-6-12-20-17(18-2)19-11-5-8-14-21-13-7-4-10-16(21)22;/h4,7,10,13H,3,5-6,8-9,11-12,14-15H2,1-2H3,(H2,18,19,20);1H. The zero-order valence-electron chi connectivity index (χ0n) is 14.8. The molecule has 0 aromatic carbocycles. The fraction of sp³-hybridized carbons (Fsp3) is 0.647. The molecule has 138 valence electrons. The van der Waals surface area contributed by atoms with E-state index in [1.807, 2.05) is 19.2 Å². The van der Waals surface area contributed by atoms with Crippen LogP contribution in [0.25, 0.3) is 0 Å². The smallest absolute Gasteiger partial charge is 0.250 e. The Balaban J connectivity index is 0.00000529. The lowest BCUT2D eigenvalue weighted by atomic mass is 10.3. The Hall–Kier alpha value is -1.09. The van der Waals surface area contributed by atoms with E-state index in [1.165, 1.54) is 0 Å². The minimum absolute atomic E-state index is 0. The molecule has 6 nitrogen and oxygen atoms in total. The van der Waals surface area contributed by atoms with Gasteiger partial charge in [-0.05, 0) is 38.7 Å². The number of unbranched alkanes of at least 4 members (excludes halogenated alkanes) is 2. The quantitative estimate of drug-likeness (QED) is 0.235. The van der Waals surface area contributed by atoms with Crippen LogP contribution in [0.4, 0.5) is 0 Å². The van der Waals surface area contributed by atoms with E-state index in [2.05, 4.69) is 15.6 Å². The van der Waals surface area contributed by atoms with Gasteiger partial charge in [0.2, 0.25) is 5.56 Å². The predicted molar refractivity (Wildman–Crippen MR) is 110 cm³/mol. The maximum absolute atomic E-state index is 11.6. The summed E-state index contributed by atoms with van der Waals surface area (Å²) in [5.41, 5.74) is 0.0602. The number of aromatic nitrogens is 1. The number of guanidine groups is 1. The predicted octanol–water partition coefficient (Wildman–Crippen LogP) is 2.23. The number of hydrogen-bond donors (Lipinski definition) is 2. The highest BCUT2D eigenvalue weighted by atomic mass is 127. The van der Waals surface area contributed by atoms with Gasteiger partial charge in [0.1, 0.15) is 0 Å². The number of aliphatic imine (C=N–C) groups is 1. The second-order valence-electron chi connectivity index (χ2n) is 5.27. The van der Waals surface area contributed by atoms with Crippen molar-refractivity contribution in [3.8, 4) is 0 Å². The van der Waals surface area contributed by atoms with Crippen LogP contribution in [-0.4, -0.2) is 43.9 Å². The van der Waals surface area contributed by atoms with Gasteiger partial charge in [-0.3, -0.25) is 9.79 Å². The zero-order chi connectivity index (χ0) is 16.8. The van der Waals surface area contributed by atoms with Crippen LogP contribution < -0.4 is 16.2 Å². The molecule has 0 bridgehead atoms. The van der Waals surface area contributed by atoms with Gasteiger partial charge in [-0.2, -0.15) is 0 Å². The van der Waals surface area contributed by atoms with Crippen molar-refractivity contribution >= 4 is 29.9 Å². The summed E-state index contributed by atoms with van der Waals surface area (Å²) in [6, 6.07) is 5.25. The topological polar surface area (TPSA) is 67.7 Å². The maximum Gasteiger partial charge on any atom is 0.250 e. The number of pyridine rings is 1. The summed E-state index contributed by atoms with van der Waals surface area (Å²) in [6.45, 7) is 6.12. The van der Waals surface area contributed by atoms with Crippen LogP contribution in [0.3, 0.4) is 0 Å². The van der Waals surface area contributed by atoms with Gasteiger partial charge in [0.15, 0.2) is 5.96 Å². The molecule has 0 saturated heterocycles. The second kappa shape index (κ2) is 15.4. The molecule has 1 aromatic rings. The summed E-state index contributed by atoms with van der Waals surface area (Å²) in [5, 5.41) is 6.58. The van der Waals surface area contributed by atoms with Gasteiger partial charge in [0.25, 0.3) is 0 Å². The normalized spacial score (nSPS) is 11.0. The summed E-state index contributed by atoms with van der Waals surface area (Å²) in [5.74, 6) is 0.832. The van der Waals surface area contributed by atoms with Crippen molar-refractivity contribution in [1.82, 2.24) is 15.2 Å². The first-order chi connectivity index (χ1) is 11.3. The van der Waals surface area contributed by atoms with Crippen molar-refractivity contribution in [2.45, 2.75) is 39.2 Å². The Kier molecular flexibility index (Phi) is 14.7. The van der Waals surface area contributed by atoms with Gasteiger partial charge >= 0.3 is 0 Å². The number of halogens is 1. The molecule has 0 aliphatic carbocycles. The minimum atomic E-state index is 0. The van der Waals surface area contributed by atoms with E-state index in [0.717, 1.165) is 64.5 Å². The average Bonchev–Trinajstić information content (AvgIpc) is 2.57. The molecule has 0 spiro atoms. The molecule has 0 aliphatic heterocycles. The molecule has 7 heteroatoms. The molecule has 1 rings (SSSR count). The first-order valence-corrected chi connectivity index (χ1v) is 8.45. The van der Waals surface area contributed by atoms with Gasteiger partial charge in [0.05, 0.1) is 0 Å². The molecule has 2 N–H and O–H groups in total. The van der Waals surface area contributed by atoms with Gasteiger partial charge in [-0.1, -0.05) is 6.07 Å². The SMILES string of the molecule is CCOCCCCNC(=NC)NCCCCn1ccccc1=O.I. The molecular weight excluding hydrogens is 419 g/mol. The fourth-order valence-corrected chi connectivity index (χ4v) is 2.16. The lowest BCUT2D eigenvalue weighted by molar-refractivity contribution is 0.143. The lowest BCUT2D eigenvalue weighted by Crippen LogP contribution is -2.38. The number of nitrogens with zero attached hydrogens (tertiary/aromatic N) is 2. The Labute approximate surface area is 162 Å². The third-order valence-electron chi connectivity index (χ3n) is 3.45. The Morgan fingerprint density at radius 2 is 1.88 bits per heavy atom. The number of aryl methyl sites for hydroxylation is 1. The summed E-state index contributed by atoms with van der Waals surface area (Å²) in [4.78, 5) is 15.8. The maximum atomic E-state index is 11.6. The first kappa shape index (κ1) is 22.9. The van der Waals surface area contributed by atoms with Crippen molar-refractivity contribution in [2.24, 2.45) is 4.99 Å². The van der Waals surface area contributed by atoms with Crippen LogP contribution in [0.1, 0.15) is 32.6 Å². The number of rotatable bonds is 11. The minimum Gasteiger partial charge on any atom is -0.382 e. The van der Waals surface area contributed by atoms with E-state index in [0.29, 0.717) is 0 Å². The van der Waals surface area contributed by atoms with Crippen LogP contribution in [0, 0.1) is 0 Å². The van der Waals surface area contributed by atoms with Crippen molar-refractivity contribution in [1.29, 1.82) is 0 Å². The highest BCUT2D eigenvalue weighted by Crippen LogP contribution is 1.92. The van der Waals surface area contributed by atoms with Crippen LogP contribution in [0.5, 0.6) is 0 Å². The molecule has 24 heavy (non-hydrogen) atoms. The number of hydrogen-bond acceptors (Lipinski definition) is 3. The highest BCUT2D eigenvalue weighted by Gasteiger charge is 1.98. The highest BCUT2D eigenvalue weighted by molar-refractivity contribution is 14.0. The van der Waals surface area contributed by atoms with Crippen LogP contribution in [-0.2, 0) is 11.3 Å². The van der Waals surface area contributed by atoms with E-state index < -0.39 is 0 Å². The largest absolute Gasteiger partial charge is 0.382 e. The van der Waals surface area contributed by atoms with Crippen molar-refractivity contribution < 1.29 is 4.74 Å². The molecule has 0 radical (unpaired) electrons. The van der Waals surface area contributed by atoms with E-state index >= 15 is 0 Å². The Morgan fingerprint density at radius 1 is 1.17 bits per heavy atom. The fourth-order valence-electron chi connectivity index (χ4n) is 2.16. The summed E-state index contributed by atoms with van der Waals surface area (Å²) in [7, 11) is 1.78. The summed E-state index contributed by atoms with van der Waals surface area (Å²) in [6.07, 6.45) is 5.91. The molecule has 0 amide bonds. The Bertz CT molecular complexity index is 505. The van der Waals surface area contributed by atoms with E-state index in [-0.39, 0.29) is 29.5 Å². The van der Waals surface area contributed by atoms with E-state index in [9.17, 15) is 4.79 Å². The molecule has 0 atom stereocenters. The van der Waals surface area contributed by atoms with Crippen LogP contribution in [0.2, 0.25) is 0 Å². The third kappa shape index (κ3) is 10.6. The molecule has 0 unspecified atom stereocenters. The van der Waals surface area contributed by atoms with E-state index in [1.54, 1.807) is 23.7 Å². The third-order valence-corrected chi connectivity index (χ3v) is 3.45. The summed E-state index contributed by atoms with van der Waals surface area (Å²) >= 11 is 0. The van der Waals surface area contributed by atoms with Crippen molar-refractivity contribution in [3.63, 3.8) is 0 Å². The van der Waals surface area contributed by atoms with E-state index in [4.69, 9.17) is 4.74 Å². The number of nitrogens with one attached hydrogen (secondary N) is 2. The molecule has 1 heterocycles. The molecule has 1 aromatic heterocycles. The van der Waals surface area contributed by atoms with Crippen molar-refractivity contribution in [2.75, 3.05) is 33.4 Å². The molecule has 0 fully saturated rings. The number of ether oxygens (including phenoxy) is 1. The monoisotopic (exact) mass is 450 g/mol. The molecule has 0 saturated carbocycles. The first-order valence-electron chi connectivity index (χ1n) is 8.45. The van der Waals surface area contributed by atoms with Crippen molar-refractivity contribution in [3.05, 3.63) is 34.7 Å². The van der Waals surface area contributed by atoms with Gasteiger partial charge in [0, 0.05) is 52.2 Å². The lowest BCUT2D eigenvalue weighted by Gasteiger charge is -2.12. The van der Waals surface area contributed by atoms with Gasteiger partial charge in [-0.15, -0.1) is 24.0 Å². The average molecular weight is 450 g/mol. The van der Waals surface area contributed by atoms with Gasteiger partial charge in [-0.25, -0.2) is 0 Å².